The van der Waals surface area contributed by atoms with Gasteiger partial charge >= 0.3 is 0 Å². The molecule has 0 heterocycles. The largest absolute Gasteiger partial charge is 0.493 e. The fraction of sp³-hybridized carbons (Fsp3) is 0.500. The van der Waals surface area contributed by atoms with Gasteiger partial charge in [-0.15, -0.1) is 0 Å². The maximum Gasteiger partial charge on any atom is 0.251 e. The number of nitrogens with one attached hydrogen (secondary N) is 2. The lowest BCUT2D eigenvalue weighted by atomic mass is 10.2. The molecular weight excluding hydrogens is 324 g/mol. The molecule has 5 nitrogen and oxygen atoms in total. The summed E-state index contributed by atoms with van der Waals surface area (Å²) in [6, 6.07) is 3.42. The Labute approximate surface area is 128 Å². The van der Waals surface area contributed by atoms with Crippen molar-refractivity contribution in [3.63, 3.8) is 0 Å². The quantitative estimate of drug-likeness (QED) is 0.709. The van der Waals surface area contributed by atoms with Gasteiger partial charge in [-0.05, 0) is 41.5 Å². The highest BCUT2D eigenvalue weighted by molar-refractivity contribution is 9.10. The Morgan fingerprint density at radius 1 is 1.35 bits per heavy atom. The van der Waals surface area contributed by atoms with E-state index in [1.165, 1.54) is 0 Å². The number of carbonyl (C=O) groups is 1. The Bertz CT molecular complexity index is 452. The minimum atomic E-state index is -0.138. The summed E-state index contributed by atoms with van der Waals surface area (Å²) in [6.45, 7) is 3.93. The maximum absolute atomic E-state index is 12.0. The molecule has 1 aromatic carbocycles. The van der Waals surface area contributed by atoms with E-state index in [0.717, 1.165) is 13.0 Å². The lowest BCUT2D eigenvalue weighted by molar-refractivity contribution is 0.0953. The predicted molar refractivity (Wildman–Crippen MR) is 82.7 cm³/mol. The summed E-state index contributed by atoms with van der Waals surface area (Å²) in [5, 5.41) is 5.79. The van der Waals surface area contributed by atoms with Gasteiger partial charge in [0.05, 0.1) is 18.2 Å². The molecule has 0 aromatic heterocycles. The van der Waals surface area contributed by atoms with Crippen molar-refractivity contribution >= 4 is 21.8 Å². The van der Waals surface area contributed by atoms with Crippen LogP contribution in [0.25, 0.3) is 0 Å². The Kier molecular flexibility index (Phi) is 7.40. The highest BCUT2D eigenvalue weighted by Gasteiger charge is 2.15. The van der Waals surface area contributed by atoms with Crippen LogP contribution in [0.5, 0.6) is 11.5 Å². The van der Waals surface area contributed by atoms with E-state index in [2.05, 4.69) is 26.6 Å². The number of hydrogen-bond acceptors (Lipinski definition) is 4. The minimum absolute atomic E-state index is 0.138. The summed E-state index contributed by atoms with van der Waals surface area (Å²) in [7, 11) is 3.40. The fourth-order valence-electron chi connectivity index (χ4n) is 1.60. The SMILES string of the molecule is CCCOc1c(Br)cc(C(=O)NCCNC)cc1OC. The molecule has 112 valence electrons. The van der Waals surface area contributed by atoms with Gasteiger partial charge in [0.15, 0.2) is 11.5 Å². The van der Waals surface area contributed by atoms with Gasteiger partial charge in [0.1, 0.15) is 0 Å². The van der Waals surface area contributed by atoms with Crippen molar-refractivity contribution in [2.24, 2.45) is 0 Å². The summed E-state index contributed by atoms with van der Waals surface area (Å²) in [5.74, 6) is 1.04. The first kappa shape index (κ1) is 16.8. The number of rotatable bonds is 8. The second kappa shape index (κ2) is 8.81. The fourth-order valence-corrected chi connectivity index (χ4v) is 2.15. The van der Waals surface area contributed by atoms with E-state index in [9.17, 15) is 4.79 Å². The molecule has 0 atom stereocenters. The van der Waals surface area contributed by atoms with Gasteiger partial charge in [-0.3, -0.25) is 4.79 Å². The molecule has 0 unspecified atom stereocenters. The molecule has 20 heavy (non-hydrogen) atoms. The molecule has 2 N–H and O–H groups in total. The van der Waals surface area contributed by atoms with Crippen LogP contribution in [0.2, 0.25) is 0 Å². The third-order valence-electron chi connectivity index (χ3n) is 2.60. The van der Waals surface area contributed by atoms with Gasteiger partial charge in [0.2, 0.25) is 0 Å². The van der Waals surface area contributed by atoms with Crippen molar-refractivity contribution < 1.29 is 14.3 Å². The number of hydrogen-bond donors (Lipinski definition) is 2. The first-order chi connectivity index (χ1) is 9.63. The molecular formula is C14H21BrN2O3. The molecule has 0 aliphatic carbocycles. The van der Waals surface area contributed by atoms with Crippen LogP contribution in [0.1, 0.15) is 23.7 Å². The lowest BCUT2D eigenvalue weighted by Gasteiger charge is -2.14. The van der Waals surface area contributed by atoms with E-state index in [4.69, 9.17) is 9.47 Å². The van der Waals surface area contributed by atoms with Crippen LogP contribution in [-0.2, 0) is 0 Å². The molecule has 0 aliphatic heterocycles. The molecule has 0 saturated carbocycles. The highest BCUT2D eigenvalue weighted by atomic mass is 79.9. The molecule has 0 spiro atoms. The van der Waals surface area contributed by atoms with Gasteiger partial charge in [0, 0.05) is 18.7 Å². The van der Waals surface area contributed by atoms with Crippen molar-refractivity contribution in [3.8, 4) is 11.5 Å². The highest BCUT2D eigenvalue weighted by Crippen LogP contribution is 2.36. The molecule has 0 aliphatic rings. The lowest BCUT2D eigenvalue weighted by Crippen LogP contribution is -2.30. The van der Waals surface area contributed by atoms with Crippen molar-refractivity contribution in [3.05, 3.63) is 22.2 Å². The third kappa shape index (κ3) is 4.68. The zero-order chi connectivity index (χ0) is 15.0. The number of carbonyl (C=O) groups excluding carboxylic acids is 1. The third-order valence-corrected chi connectivity index (χ3v) is 3.19. The van der Waals surface area contributed by atoms with E-state index in [1.54, 1.807) is 19.2 Å². The van der Waals surface area contributed by atoms with Crippen molar-refractivity contribution in [2.75, 3.05) is 33.9 Å². The molecule has 6 heteroatoms. The summed E-state index contributed by atoms with van der Waals surface area (Å²) in [4.78, 5) is 12.0. The van der Waals surface area contributed by atoms with Crippen LogP contribution >= 0.6 is 15.9 Å². The van der Waals surface area contributed by atoms with E-state index in [-0.39, 0.29) is 5.91 Å². The summed E-state index contributed by atoms with van der Waals surface area (Å²) >= 11 is 3.42. The number of amides is 1. The van der Waals surface area contributed by atoms with Crippen LogP contribution in [-0.4, -0.2) is 39.8 Å². The van der Waals surface area contributed by atoms with Gasteiger partial charge in [0.25, 0.3) is 5.91 Å². The predicted octanol–water partition coefficient (Wildman–Crippen LogP) is 2.20. The molecule has 0 radical (unpaired) electrons. The molecule has 0 saturated heterocycles. The molecule has 0 bridgehead atoms. The zero-order valence-electron chi connectivity index (χ0n) is 12.1. The van der Waals surface area contributed by atoms with Gasteiger partial charge in [-0.25, -0.2) is 0 Å². The number of likely N-dealkylation sites (N-methyl/N-ethyl adjacent to an activating group) is 1. The number of benzene rings is 1. The average molecular weight is 345 g/mol. The molecule has 1 rings (SSSR count). The van der Waals surface area contributed by atoms with Crippen molar-refractivity contribution in [2.45, 2.75) is 13.3 Å². The Morgan fingerprint density at radius 2 is 2.10 bits per heavy atom. The standard InChI is InChI=1S/C14H21BrN2O3/c1-4-7-20-13-11(15)8-10(9-12(13)19-3)14(18)17-6-5-16-2/h8-9,16H,4-7H2,1-3H3,(H,17,18). The zero-order valence-corrected chi connectivity index (χ0v) is 13.7. The van der Waals surface area contributed by atoms with Crippen LogP contribution < -0.4 is 20.1 Å². The van der Waals surface area contributed by atoms with E-state index < -0.39 is 0 Å². The second-order valence-electron chi connectivity index (χ2n) is 4.20. The first-order valence-corrected chi connectivity index (χ1v) is 7.36. The Hall–Kier alpha value is -1.27. The maximum atomic E-state index is 12.0. The van der Waals surface area contributed by atoms with Crippen LogP contribution in [0.15, 0.2) is 16.6 Å². The van der Waals surface area contributed by atoms with Gasteiger partial charge in [-0.2, -0.15) is 0 Å². The van der Waals surface area contributed by atoms with Crippen molar-refractivity contribution in [1.29, 1.82) is 0 Å². The first-order valence-electron chi connectivity index (χ1n) is 6.57. The summed E-state index contributed by atoms with van der Waals surface area (Å²) in [6.07, 6.45) is 0.905. The number of halogens is 1. The van der Waals surface area contributed by atoms with E-state index in [1.807, 2.05) is 14.0 Å². The number of ether oxygens (including phenoxy) is 2. The summed E-state index contributed by atoms with van der Waals surface area (Å²) < 4.78 is 11.6. The smallest absolute Gasteiger partial charge is 0.251 e. The Morgan fingerprint density at radius 3 is 2.70 bits per heavy atom. The molecule has 0 fully saturated rings. The van der Waals surface area contributed by atoms with Crippen molar-refractivity contribution in [1.82, 2.24) is 10.6 Å². The Balaban J connectivity index is 2.89. The molecule has 1 amide bonds. The second-order valence-corrected chi connectivity index (χ2v) is 5.05. The van der Waals surface area contributed by atoms with Gasteiger partial charge < -0.3 is 20.1 Å². The van der Waals surface area contributed by atoms with Crippen LogP contribution in [0.3, 0.4) is 0 Å². The molecule has 1 aromatic rings. The normalized spacial score (nSPS) is 10.2. The van der Waals surface area contributed by atoms with E-state index in [0.29, 0.717) is 34.7 Å². The number of methoxy groups -OCH3 is 1. The van der Waals surface area contributed by atoms with Crippen LogP contribution in [0.4, 0.5) is 0 Å². The van der Waals surface area contributed by atoms with Gasteiger partial charge in [-0.1, -0.05) is 6.92 Å². The van der Waals surface area contributed by atoms with E-state index >= 15 is 0 Å². The monoisotopic (exact) mass is 344 g/mol. The average Bonchev–Trinajstić information content (AvgIpc) is 2.45. The van der Waals surface area contributed by atoms with Crippen LogP contribution in [0, 0.1) is 0 Å². The summed E-state index contributed by atoms with van der Waals surface area (Å²) in [5.41, 5.74) is 0.536. The minimum Gasteiger partial charge on any atom is -0.493 e. The topological polar surface area (TPSA) is 59.6 Å².